The maximum absolute atomic E-state index is 12.5. The predicted octanol–water partition coefficient (Wildman–Crippen LogP) is 1.09. The van der Waals surface area contributed by atoms with E-state index in [1.54, 1.807) is 0 Å². The molecule has 1 aliphatic heterocycles. The van der Waals surface area contributed by atoms with Crippen molar-refractivity contribution < 1.29 is 19.1 Å². The lowest BCUT2D eigenvalue weighted by Gasteiger charge is -2.34. The highest BCUT2D eigenvalue weighted by molar-refractivity contribution is 5.89. The van der Waals surface area contributed by atoms with Gasteiger partial charge in [0.2, 0.25) is 11.8 Å². The van der Waals surface area contributed by atoms with Gasteiger partial charge in [0.1, 0.15) is 12.6 Å². The first-order valence-electron chi connectivity index (χ1n) is 10.4. The summed E-state index contributed by atoms with van der Waals surface area (Å²) in [6, 6.07) is 7.78. The summed E-state index contributed by atoms with van der Waals surface area (Å²) >= 11 is 0. The first-order valence-corrected chi connectivity index (χ1v) is 10.4. The first kappa shape index (κ1) is 20.4. The number of hydrogen-bond acceptors (Lipinski definition) is 5. The van der Waals surface area contributed by atoms with Crippen molar-refractivity contribution in [1.82, 2.24) is 20.1 Å². The van der Waals surface area contributed by atoms with Crippen LogP contribution in [0.15, 0.2) is 24.3 Å². The van der Waals surface area contributed by atoms with Crippen molar-refractivity contribution in [2.45, 2.75) is 51.4 Å². The van der Waals surface area contributed by atoms with Crippen LogP contribution in [0.25, 0.3) is 10.9 Å². The lowest BCUT2D eigenvalue weighted by molar-refractivity contribution is -0.146. The molecule has 2 aliphatic rings. The van der Waals surface area contributed by atoms with Crippen molar-refractivity contribution in [1.29, 1.82) is 0 Å². The maximum Gasteiger partial charge on any atom is 0.307 e. The van der Waals surface area contributed by atoms with E-state index in [9.17, 15) is 14.4 Å². The van der Waals surface area contributed by atoms with E-state index in [1.807, 2.05) is 40.7 Å². The fraction of sp³-hybridized carbons (Fsp3) is 0.500. The number of carbonyl (C=O) groups is 3. The third-order valence-corrected chi connectivity index (χ3v) is 6.00. The summed E-state index contributed by atoms with van der Waals surface area (Å²) in [6.45, 7) is 4.00. The smallest absolute Gasteiger partial charge is 0.307 e. The molecular weight excluding hydrogens is 384 g/mol. The van der Waals surface area contributed by atoms with E-state index in [-0.39, 0.29) is 24.8 Å². The van der Waals surface area contributed by atoms with Gasteiger partial charge in [-0.3, -0.25) is 19.3 Å². The molecule has 1 unspecified atom stereocenters. The van der Waals surface area contributed by atoms with Gasteiger partial charge < -0.3 is 19.9 Å². The van der Waals surface area contributed by atoms with E-state index in [2.05, 4.69) is 10.6 Å². The zero-order valence-corrected chi connectivity index (χ0v) is 17.4. The highest BCUT2D eigenvalue weighted by Crippen LogP contribution is 2.28. The summed E-state index contributed by atoms with van der Waals surface area (Å²) < 4.78 is 6.83. The van der Waals surface area contributed by atoms with Crippen LogP contribution in [0.1, 0.15) is 30.5 Å². The molecule has 1 saturated heterocycles. The van der Waals surface area contributed by atoms with Crippen LogP contribution in [0.2, 0.25) is 0 Å². The minimum atomic E-state index is -0.564. The van der Waals surface area contributed by atoms with Crippen LogP contribution in [0.3, 0.4) is 0 Å². The Morgan fingerprint density at radius 2 is 2.03 bits per heavy atom. The molecule has 8 nitrogen and oxygen atoms in total. The average molecular weight is 412 g/mol. The van der Waals surface area contributed by atoms with E-state index in [4.69, 9.17) is 4.74 Å². The monoisotopic (exact) mass is 412 g/mol. The zero-order chi connectivity index (χ0) is 21.3. The molecule has 1 saturated carbocycles. The predicted molar refractivity (Wildman–Crippen MR) is 112 cm³/mol. The minimum Gasteiger partial charge on any atom is -0.469 e. The molecule has 0 bridgehead atoms. The number of methoxy groups -OCH3 is 1. The maximum atomic E-state index is 12.5. The number of benzene rings is 1. The Morgan fingerprint density at radius 3 is 2.77 bits per heavy atom. The second-order valence-electron chi connectivity index (χ2n) is 8.07. The Kier molecular flexibility index (Phi) is 5.76. The molecular formula is C22H28N4O4. The summed E-state index contributed by atoms with van der Waals surface area (Å²) in [6.07, 6.45) is 2.13. The fourth-order valence-corrected chi connectivity index (χ4v) is 4.17. The molecule has 1 aromatic carbocycles. The molecule has 2 heterocycles. The number of aromatic nitrogens is 1. The Labute approximate surface area is 175 Å². The number of ether oxygens (including phenoxy) is 1. The number of amides is 2. The summed E-state index contributed by atoms with van der Waals surface area (Å²) in [5.74, 6) is -0.538. The van der Waals surface area contributed by atoms with Crippen molar-refractivity contribution >= 4 is 28.7 Å². The molecule has 1 atom stereocenters. The summed E-state index contributed by atoms with van der Waals surface area (Å²) in [4.78, 5) is 38.8. The molecule has 1 aromatic heterocycles. The van der Waals surface area contributed by atoms with Gasteiger partial charge in [-0.15, -0.1) is 0 Å². The highest BCUT2D eigenvalue weighted by atomic mass is 16.5. The van der Waals surface area contributed by atoms with E-state index in [0.29, 0.717) is 25.7 Å². The van der Waals surface area contributed by atoms with Gasteiger partial charge in [-0.1, -0.05) is 18.2 Å². The second-order valence-corrected chi connectivity index (χ2v) is 8.07. The van der Waals surface area contributed by atoms with Crippen molar-refractivity contribution in [3.05, 3.63) is 35.5 Å². The quantitative estimate of drug-likeness (QED) is 0.665. The third kappa shape index (κ3) is 4.18. The van der Waals surface area contributed by atoms with Crippen LogP contribution in [-0.4, -0.2) is 59.5 Å². The summed E-state index contributed by atoms with van der Waals surface area (Å²) in [5, 5.41) is 6.96. The second kappa shape index (κ2) is 8.47. The molecule has 2 fully saturated rings. The molecule has 2 aromatic rings. The van der Waals surface area contributed by atoms with E-state index >= 15 is 0 Å². The Bertz CT molecular complexity index is 979. The molecule has 160 valence electrons. The number of rotatable bonds is 7. The van der Waals surface area contributed by atoms with Crippen LogP contribution < -0.4 is 10.6 Å². The van der Waals surface area contributed by atoms with Gasteiger partial charge in [0, 0.05) is 42.3 Å². The van der Waals surface area contributed by atoms with Crippen molar-refractivity contribution in [2.24, 2.45) is 0 Å². The number of fused-ring (bicyclic) bond motifs is 1. The average Bonchev–Trinajstić information content (AvgIpc) is 3.51. The molecule has 8 heteroatoms. The van der Waals surface area contributed by atoms with Gasteiger partial charge in [-0.05, 0) is 31.4 Å². The van der Waals surface area contributed by atoms with E-state index < -0.39 is 12.0 Å². The van der Waals surface area contributed by atoms with E-state index in [1.165, 1.54) is 7.11 Å². The minimum absolute atomic E-state index is 0.0177. The van der Waals surface area contributed by atoms with Crippen LogP contribution in [0, 0.1) is 6.92 Å². The first-order chi connectivity index (χ1) is 14.5. The molecule has 1 aliphatic carbocycles. The van der Waals surface area contributed by atoms with Gasteiger partial charge in [0.05, 0.1) is 13.5 Å². The van der Waals surface area contributed by atoms with Gasteiger partial charge in [0.15, 0.2) is 0 Å². The number of para-hydroxylation sites is 1. The topological polar surface area (TPSA) is 92.7 Å². The Balaban J connectivity index is 1.62. The van der Waals surface area contributed by atoms with Crippen LogP contribution >= 0.6 is 0 Å². The summed E-state index contributed by atoms with van der Waals surface area (Å²) in [7, 11) is 1.33. The lowest BCUT2D eigenvalue weighted by atomic mass is 10.1. The van der Waals surface area contributed by atoms with Crippen molar-refractivity contribution in [3.63, 3.8) is 0 Å². The molecule has 0 radical (unpaired) electrons. The standard InChI is InChI=1S/C22H28N4O4/c1-14-17(12-25-10-9-23-22(29)19(25)11-21(28)30-2)16-5-3-4-6-18(16)26(14)13-20(27)24-15-7-8-15/h3-6,15,19H,7-13H2,1-2H3,(H,23,29)(H,24,27). The Hall–Kier alpha value is -2.87. The van der Waals surface area contributed by atoms with Gasteiger partial charge in [0.25, 0.3) is 0 Å². The normalized spacial score (nSPS) is 19.5. The van der Waals surface area contributed by atoms with Crippen LogP contribution in [0.4, 0.5) is 0 Å². The summed E-state index contributed by atoms with van der Waals surface area (Å²) in [5.41, 5.74) is 3.08. The third-order valence-electron chi connectivity index (χ3n) is 6.00. The number of carbonyl (C=O) groups excluding carboxylic acids is 3. The molecule has 2 N–H and O–H groups in total. The molecule has 2 amide bonds. The highest BCUT2D eigenvalue weighted by Gasteiger charge is 2.33. The van der Waals surface area contributed by atoms with Crippen molar-refractivity contribution in [2.75, 3.05) is 20.2 Å². The van der Waals surface area contributed by atoms with Gasteiger partial charge in [-0.25, -0.2) is 0 Å². The van der Waals surface area contributed by atoms with Crippen LogP contribution in [0.5, 0.6) is 0 Å². The number of piperazine rings is 1. The van der Waals surface area contributed by atoms with Gasteiger partial charge in [-0.2, -0.15) is 0 Å². The van der Waals surface area contributed by atoms with Crippen molar-refractivity contribution in [3.8, 4) is 0 Å². The van der Waals surface area contributed by atoms with Gasteiger partial charge >= 0.3 is 5.97 Å². The fourth-order valence-electron chi connectivity index (χ4n) is 4.17. The van der Waals surface area contributed by atoms with E-state index in [0.717, 1.165) is 35.0 Å². The largest absolute Gasteiger partial charge is 0.469 e. The molecule has 4 rings (SSSR count). The number of esters is 1. The number of nitrogens with zero attached hydrogens (tertiary/aromatic N) is 2. The SMILES string of the molecule is COC(=O)CC1C(=O)NCCN1Cc1c(C)n(CC(=O)NC2CC2)c2ccccc12. The lowest BCUT2D eigenvalue weighted by Crippen LogP contribution is -2.55. The number of hydrogen-bond donors (Lipinski definition) is 2. The zero-order valence-electron chi connectivity index (χ0n) is 17.4. The molecule has 0 spiro atoms. The molecule has 30 heavy (non-hydrogen) atoms. The van der Waals surface area contributed by atoms with Crippen LogP contribution in [-0.2, 0) is 32.2 Å². The Morgan fingerprint density at radius 1 is 1.27 bits per heavy atom. The number of nitrogens with one attached hydrogen (secondary N) is 2.